The van der Waals surface area contributed by atoms with Crippen LogP contribution in [0.5, 0.6) is 0 Å². The lowest BCUT2D eigenvalue weighted by atomic mass is 10.0. The molecular weight excluding hydrogens is 278 g/mol. The van der Waals surface area contributed by atoms with Crippen molar-refractivity contribution in [1.82, 2.24) is 4.90 Å². The van der Waals surface area contributed by atoms with Gasteiger partial charge in [0.05, 0.1) is 12.4 Å². The quantitative estimate of drug-likeness (QED) is 0.541. The van der Waals surface area contributed by atoms with Gasteiger partial charge in [0.2, 0.25) is 0 Å². The monoisotopic (exact) mass is 309 g/mol. The predicted octanol–water partition coefficient (Wildman–Crippen LogP) is 2.31. The molecule has 2 unspecified atom stereocenters. The van der Waals surface area contributed by atoms with Crippen LogP contribution in [0.3, 0.4) is 0 Å². The number of aliphatic hydroxyl groups excluding tert-OH is 1. The van der Waals surface area contributed by atoms with E-state index in [4.69, 9.17) is 4.55 Å². The van der Waals surface area contributed by atoms with Gasteiger partial charge in [-0.05, 0) is 19.8 Å². The van der Waals surface area contributed by atoms with Crippen molar-refractivity contribution in [2.45, 2.75) is 71.4 Å². The second-order valence-electron chi connectivity index (χ2n) is 5.49. The minimum Gasteiger partial charge on any atom is -0.395 e. The van der Waals surface area contributed by atoms with E-state index in [0.29, 0.717) is 0 Å². The number of unbranched alkanes of at least 4 members (excludes halogenated alkanes) is 2. The molecule has 0 spiro atoms. The van der Waals surface area contributed by atoms with Crippen molar-refractivity contribution in [1.29, 1.82) is 0 Å². The van der Waals surface area contributed by atoms with Crippen molar-refractivity contribution in [2.75, 3.05) is 18.9 Å². The minimum absolute atomic E-state index is 0.0245. The molecule has 0 heterocycles. The molecule has 2 atom stereocenters. The van der Waals surface area contributed by atoms with E-state index in [2.05, 4.69) is 20.8 Å². The highest BCUT2D eigenvalue weighted by atomic mass is 32.2. The minimum atomic E-state index is -3.96. The summed E-state index contributed by atoms with van der Waals surface area (Å²) in [5, 5.41) is 9.57. The molecule has 0 aliphatic heterocycles. The van der Waals surface area contributed by atoms with Crippen LogP contribution in [-0.2, 0) is 10.1 Å². The lowest BCUT2D eigenvalue weighted by Gasteiger charge is -2.35. The van der Waals surface area contributed by atoms with Gasteiger partial charge in [-0.2, -0.15) is 8.42 Å². The van der Waals surface area contributed by atoms with Gasteiger partial charge in [-0.15, -0.1) is 0 Å². The van der Waals surface area contributed by atoms with E-state index in [1.54, 1.807) is 0 Å². The Morgan fingerprint density at radius 2 is 1.65 bits per heavy atom. The Labute approximate surface area is 124 Å². The molecule has 6 heteroatoms. The summed E-state index contributed by atoms with van der Waals surface area (Å²) in [6.07, 6.45) is 6.06. The van der Waals surface area contributed by atoms with Gasteiger partial charge in [-0.3, -0.25) is 9.45 Å². The molecule has 0 fully saturated rings. The Bertz CT molecular complexity index is 332. The third-order valence-corrected chi connectivity index (χ3v) is 4.42. The molecule has 20 heavy (non-hydrogen) atoms. The zero-order valence-corrected chi connectivity index (χ0v) is 13.9. The molecule has 5 nitrogen and oxygen atoms in total. The second kappa shape index (κ2) is 10.5. The van der Waals surface area contributed by atoms with E-state index in [1.807, 2.05) is 4.90 Å². The standard InChI is InChI=1S/C14H31NO4S/c1-4-6-8-13(3)15(10-11-20(17,18)19)14(12-16)9-7-5-2/h13-14,16H,4-12H2,1-3H3,(H,17,18,19). The summed E-state index contributed by atoms with van der Waals surface area (Å²) in [5.74, 6) is -0.272. The second-order valence-corrected chi connectivity index (χ2v) is 7.07. The fourth-order valence-electron chi connectivity index (χ4n) is 2.45. The van der Waals surface area contributed by atoms with E-state index >= 15 is 0 Å². The van der Waals surface area contributed by atoms with Crippen LogP contribution in [-0.4, -0.2) is 54.0 Å². The molecule has 0 aliphatic rings. The number of hydrogen-bond acceptors (Lipinski definition) is 4. The number of nitrogens with zero attached hydrogens (tertiary/aromatic N) is 1. The first kappa shape index (κ1) is 19.8. The summed E-state index contributed by atoms with van der Waals surface area (Å²) < 4.78 is 30.9. The number of aliphatic hydroxyl groups is 1. The summed E-state index contributed by atoms with van der Waals surface area (Å²) in [6.45, 7) is 6.59. The third kappa shape index (κ3) is 8.89. The van der Waals surface area contributed by atoms with Gasteiger partial charge in [0.1, 0.15) is 0 Å². The zero-order chi connectivity index (χ0) is 15.6. The Hall–Kier alpha value is -0.170. The summed E-state index contributed by atoms with van der Waals surface area (Å²) in [5.41, 5.74) is 0. The lowest BCUT2D eigenvalue weighted by Crippen LogP contribution is -2.46. The van der Waals surface area contributed by atoms with Crippen molar-refractivity contribution in [3.8, 4) is 0 Å². The maximum atomic E-state index is 11.0. The van der Waals surface area contributed by atoms with Gasteiger partial charge in [0.25, 0.3) is 10.1 Å². The van der Waals surface area contributed by atoms with Crippen molar-refractivity contribution >= 4 is 10.1 Å². The van der Waals surface area contributed by atoms with Crippen molar-refractivity contribution < 1.29 is 18.1 Å². The molecule has 0 rings (SSSR count). The van der Waals surface area contributed by atoms with Crippen LogP contribution < -0.4 is 0 Å². The topological polar surface area (TPSA) is 77.8 Å². The highest BCUT2D eigenvalue weighted by Gasteiger charge is 2.23. The van der Waals surface area contributed by atoms with Gasteiger partial charge in [-0.25, -0.2) is 0 Å². The van der Waals surface area contributed by atoms with Gasteiger partial charge in [0, 0.05) is 18.6 Å². The van der Waals surface area contributed by atoms with Crippen LogP contribution in [0, 0.1) is 0 Å². The molecule has 0 aromatic carbocycles. The van der Waals surface area contributed by atoms with Crippen LogP contribution >= 0.6 is 0 Å². The first-order chi connectivity index (χ1) is 9.35. The molecular formula is C14H31NO4S. The van der Waals surface area contributed by atoms with Crippen molar-refractivity contribution in [3.05, 3.63) is 0 Å². The molecule has 0 aromatic heterocycles. The van der Waals surface area contributed by atoms with Crippen LogP contribution in [0.4, 0.5) is 0 Å². The van der Waals surface area contributed by atoms with E-state index in [9.17, 15) is 13.5 Å². The van der Waals surface area contributed by atoms with E-state index in [-0.39, 0.29) is 31.0 Å². The maximum absolute atomic E-state index is 11.0. The van der Waals surface area contributed by atoms with Gasteiger partial charge < -0.3 is 5.11 Å². The van der Waals surface area contributed by atoms with Crippen molar-refractivity contribution in [2.24, 2.45) is 0 Å². The normalized spacial score (nSPS) is 15.5. The van der Waals surface area contributed by atoms with E-state index in [0.717, 1.165) is 38.5 Å². The predicted molar refractivity (Wildman–Crippen MR) is 82.5 cm³/mol. The largest absolute Gasteiger partial charge is 0.395 e. The molecule has 0 aromatic rings. The molecule has 0 bridgehead atoms. The highest BCUT2D eigenvalue weighted by Crippen LogP contribution is 2.16. The Kier molecular flexibility index (Phi) is 10.5. The van der Waals surface area contributed by atoms with E-state index < -0.39 is 10.1 Å². The molecule has 0 saturated heterocycles. The first-order valence-electron chi connectivity index (χ1n) is 7.67. The molecule has 0 aliphatic carbocycles. The molecule has 0 radical (unpaired) electrons. The molecule has 2 N–H and O–H groups in total. The maximum Gasteiger partial charge on any atom is 0.266 e. The van der Waals surface area contributed by atoms with Crippen LogP contribution in [0.2, 0.25) is 0 Å². The fraction of sp³-hybridized carbons (Fsp3) is 1.00. The average molecular weight is 309 g/mol. The summed E-state index contributed by atoms with van der Waals surface area (Å²) in [4.78, 5) is 2.04. The zero-order valence-electron chi connectivity index (χ0n) is 13.1. The lowest BCUT2D eigenvalue weighted by molar-refractivity contribution is 0.0827. The molecule has 0 amide bonds. The van der Waals surface area contributed by atoms with Gasteiger partial charge >= 0.3 is 0 Å². The van der Waals surface area contributed by atoms with Gasteiger partial charge in [-0.1, -0.05) is 39.5 Å². The summed E-state index contributed by atoms with van der Waals surface area (Å²) in [6, 6.07) is 0.189. The van der Waals surface area contributed by atoms with Crippen LogP contribution in [0.25, 0.3) is 0 Å². The third-order valence-electron chi connectivity index (χ3n) is 3.72. The molecule has 0 saturated carbocycles. The average Bonchev–Trinajstić information content (AvgIpc) is 2.38. The van der Waals surface area contributed by atoms with Gasteiger partial charge in [0.15, 0.2) is 0 Å². The smallest absolute Gasteiger partial charge is 0.266 e. The van der Waals surface area contributed by atoms with Crippen LogP contribution in [0.15, 0.2) is 0 Å². The van der Waals surface area contributed by atoms with Crippen LogP contribution in [0.1, 0.15) is 59.3 Å². The SMILES string of the molecule is CCCCC(C)N(CCS(=O)(=O)O)C(CO)CCCC. The number of rotatable bonds is 12. The fourth-order valence-corrected chi connectivity index (χ4v) is 2.89. The highest BCUT2D eigenvalue weighted by molar-refractivity contribution is 7.85. The summed E-state index contributed by atoms with van der Waals surface area (Å²) >= 11 is 0. The number of hydrogen-bond donors (Lipinski definition) is 2. The Balaban J connectivity index is 4.72. The first-order valence-corrected chi connectivity index (χ1v) is 9.28. The Morgan fingerprint density at radius 3 is 2.10 bits per heavy atom. The Morgan fingerprint density at radius 1 is 1.10 bits per heavy atom. The van der Waals surface area contributed by atoms with Crippen molar-refractivity contribution in [3.63, 3.8) is 0 Å². The van der Waals surface area contributed by atoms with E-state index in [1.165, 1.54) is 0 Å². The molecule has 122 valence electrons. The summed E-state index contributed by atoms with van der Waals surface area (Å²) in [7, 11) is -3.96.